The number of carbonyl (C=O) groups is 2. The molecule has 6 heteroatoms. The van der Waals surface area contributed by atoms with E-state index in [1.165, 1.54) is 12.6 Å². The predicted molar refractivity (Wildman–Crippen MR) is 101 cm³/mol. The number of nitrogens with one attached hydrogen (secondary N) is 2. The lowest BCUT2D eigenvalue weighted by atomic mass is 9.95. The van der Waals surface area contributed by atoms with E-state index in [1.807, 2.05) is 30.3 Å². The molecule has 1 aliphatic carbocycles. The number of phenols is 1. The van der Waals surface area contributed by atoms with E-state index >= 15 is 0 Å². The van der Waals surface area contributed by atoms with Crippen molar-refractivity contribution in [2.75, 3.05) is 0 Å². The number of hydrogen-bond acceptors (Lipinski definition) is 4. The molecule has 3 N–H and O–H groups in total. The maximum atomic E-state index is 11.9. The first-order valence-corrected chi connectivity index (χ1v) is 8.95. The average molecular weight is 353 g/mol. The highest BCUT2D eigenvalue weighted by Gasteiger charge is 2.17. The minimum absolute atomic E-state index is 0.0803. The van der Waals surface area contributed by atoms with E-state index in [0.29, 0.717) is 5.56 Å². The number of rotatable bonds is 5. The van der Waals surface area contributed by atoms with Gasteiger partial charge in [-0.25, -0.2) is 5.43 Å². The van der Waals surface area contributed by atoms with Gasteiger partial charge in [0.1, 0.15) is 12.2 Å². The quantitative estimate of drug-likeness (QED) is 0.438. The standard InChI is InChI=1S/C20H23N3O3/c24-18-11-10-14-6-4-5-9-16(14)17(18)13-21-23-20(26)12-19(25)22-15-7-2-1-3-8-15/h4-6,9-11,13,15,24H,1-3,7-8,12H2,(H,22,25)(H,23,26)/b21-13+. The molecule has 1 saturated carbocycles. The summed E-state index contributed by atoms with van der Waals surface area (Å²) in [6.45, 7) is 0. The fourth-order valence-electron chi connectivity index (χ4n) is 3.30. The van der Waals surface area contributed by atoms with Crippen molar-refractivity contribution in [2.45, 2.75) is 44.6 Å². The van der Waals surface area contributed by atoms with Gasteiger partial charge in [-0.1, -0.05) is 49.6 Å². The van der Waals surface area contributed by atoms with Crippen molar-refractivity contribution in [2.24, 2.45) is 5.10 Å². The van der Waals surface area contributed by atoms with E-state index in [2.05, 4.69) is 15.8 Å². The van der Waals surface area contributed by atoms with E-state index < -0.39 is 5.91 Å². The number of hydrazone groups is 1. The first-order valence-electron chi connectivity index (χ1n) is 8.95. The fourth-order valence-corrected chi connectivity index (χ4v) is 3.30. The van der Waals surface area contributed by atoms with E-state index in [-0.39, 0.29) is 24.1 Å². The molecule has 26 heavy (non-hydrogen) atoms. The number of nitrogens with zero attached hydrogens (tertiary/aromatic N) is 1. The Morgan fingerprint density at radius 2 is 1.85 bits per heavy atom. The van der Waals surface area contributed by atoms with Crippen molar-refractivity contribution in [1.29, 1.82) is 0 Å². The number of benzene rings is 2. The summed E-state index contributed by atoms with van der Waals surface area (Å²) in [5.74, 6) is -0.677. The number of hydrogen-bond donors (Lipinski definition) is 3. The smallest absolute Gasteiger partial charge is 0.249 e. The third-order valence-corrected chi connectivity index (χ3v) is 4.62. The van der Waals surface area contributed by atoms with Gasteiger partial charge in [-0.2, -0.15) is 5.10 Å². The largest absolute Gasteiger partial charge is 0.507 e. The third kappa shape index (κ3) is 4.59. The van der Waals surface area contributed by atoms with Gasteiger partial charge < -0.3 is 10.4 Å². The van der Waals surface area contributed by atoms with Gasteiger partial charge >= 0.3 is 0 Å². The second-order valence-corrected chi connectivity index (χ2v) is 6.59. The fraction of sp³-hybridized carbons (Fsp3) is 0.350. The Morgan fingerprint density at radius 1 is 1.08 bits per heavy atom. The van der Waals surface area contributed by atoms with Gasteiger partial charge in [-0.15, -0.1) is 0 Å². The molecule has 0 radical (unpaired) electrons. The molecular formula is C20H23N3O3. The van der Waals surface area contributed by atoms with E-state index in [4.69, 9.17) is 0 Å². The van der Waals surface area contributed by atoms with Crippen molar-refractivity contribution < 1.29 is 14.7 Å². The van der Waals surface area contributed by atoms with E-state index in [1.54, 1.807) is 6.07 Å². The number of fused-ring (bicyclic) bond motifs is 1. The van der Waals surface area contributed by atoms with Crippen LogP contribution in [0.15, 0.2) is 41.5 Å². The second-order valence-electron chi connectivity index (χ2n) is 6.59. The van der Waals surface area contributed by atoms with Crippen LogP contribution in [-0.2, 0) is 9.59 Å². The van der Waals surface area contributed by atoms with Crippen LogP contribution >= 0.6 is 0 Å². The molecule has 0 unspecified atom stereocenters. The molecule has 2 aromatic carbocycles. The molecule has 0 spiro atoms. The van der Waals surface area contributed by atoms with Crippen LogP contribution in [0.5, 0.6) is 5.75 Å². The molecular weight excluding hydrogens is 330 g/mol. The number of aromatic hydroxyl groups is 1. The zero-order chi connectivity index (χ0) is 18.4. The molecule has 3 rings (SSSR count). The number of amides is 2. The minimum atomic E-state index is -0.478. The van der Waals surface area contributed by atoms with Crippen LogP contribution in [0.1, 0.15) is 44.1 Å². The van der Waals surface area contributed by atoms with E-state index in [0.717, 1.165) is 36.5 Å². The Kier molecular flexibility index (Phi) is 5.84. The summed E-state index contributed by atoms with van der Waals surface area (Å²) in [7, 11) is 0. The van der Waals surface area contributed by atoms with Gasteiger partial charge in [0.15, 0.2) is 0 Å². The predicted octanol–water partition coefficient (Wildman–Crippen LogP) is 2.83. The molecule has 0 heterocycles. The van der Waals surface area contributed by atoms with E-state index in [9.17, 15) is 14.7 Å². The van der Waals surface area contributed by atoms with Gasteiger partial charge in [0.05, 0.1) is 6.21 Å². The second kappa shape index (κ2) is 8.47. The summed E-state index contributed by atoms with van der Waals surface area (Å²) in [4.78, 5) is 23.8. The summed E-state index contributed by atoms with van der Waals surface area (Å²) in [6, 6.07) is 11.2. The summed E-state index contributed by atoms with van der Waals surface area (Å²) >= 11 is 0. The Morgan fingerprint density at radius 3 is 2.65 bits per heavy atom. The Bertz CT molecular complexity index is 826. The van der Waals surface area contributed by atoms with Crippen LogP contribution in [0.4, 0.5) is 0 Å². The summed E-state index contributed by atoms with van der Waals surface area (Å²) < 4.78 is 0. The summed E-state index contributed by atoms with van der Waals surface area (Å²) in [5.41, 5.74) is 2.87. The first kappa shape index (κ1) is 17.9. The molecule has 1 aliphatic rings. The Hall–Kier alpha value is -2.89. The van der Waals surface area contributed by atoms with Crippen LogP contribution in [0.2, 0.25) is 0 Å². The third-order valence-electron chi connectivity index (χ3n) is 4.62. The highest BCUT2D eigenvalue weighted by Crippen LogP contribution is 2.25. The van der Waals surface area contributed by atoms with Crippen LogP contribution in [0.25, 0.3) is 10.8 Å². The summed E-state index contributed by atoms with van der Waals surface area (Å²) in [5, 5.41) is 18.6. The highest BCUT2D eigenvalue weighted by molar-refractivity contribution is 6.03. The summed E-state index contributed by atoms with van der Waals surface area (Å²) in [6.07, 6.45) is 6.55. The molecule has 0 aromatic heterocycles. The minimum Gasteiger partial charge on any atom is -0.507 e. The SMILES string of the molecule is O=C(CC(=O)NC1CCCCC1)N/N=C/c1c(O)ccc2ccccc12. The molecule has 1 fully saturated rings. The monoisotopic (exact) mass is 353 g/mol. The molecule has 6 nitrogen and oxygen atoms in total. The van der Waals surface area contributed by atoms with Crippen LogP contribution < -0.4 is 10.7 Å². The lowest BCUT2D eigenvalue weighted by Gasteiger charge is -2.22. The van der Waals surface area contributed by atoms with Gasteiger partial charge in [-0.05, 0) is 29.7 Å². The molecule has 0 bridgehead atoms. The van der Waals surface area contributed by atoms with Gasteiger partial charge in [-0.3, -0.25) is 9.59 Å². The molecule has 2 amide bonds. The Labute approximate surface area is 152 Å². The maximum absolute atomic E-state index is 11.9. The van der Waals surface area contributed by atoms with Crippen LogP contribution in [0, 0.1) is 0 Å². The van der Waals surface area contributed by atoms with Crippen molar-refractivity contribution >= 4 is 28.8 Å². The molecule has 0 atom stereocenters. The topological polar surface area (TPSA) is 90.8 Å². The zero-order valence-corrected chi connectivity index (χ0v) is 14.6. The number of carbonyl (C=O) groups excluding carboxylic acids is 2. The van der Waals surface area contributed by atoms with Gasteiger partial charge in [0, 0.05) is 11.6 Å². The van der Waals surface area contributed by atoms with Gasteiger partial charge in [0.2, 0.25) is 11.8 Å². The lowest BCUT2D eigenvalue weighted by Crippen LogP contribution is -2.38. The number of phenolic OH excluding ortho intramolecular Hbond substituents is 1. The average Bonchev–Trinajstić information content (AvgIpc) is 2.64. The highest BCUT2D eigenvalue weighted by atomic mass is 16.3. The van der Waals surface area contributed by atoms with Gasteiger partial charge in [0.25, 0.3) is 0 Å². The first-order chi connectivity index (χ1) is 12.6. The van der Waals surface area contributed by atoms with Crippen molar-refractivity contribution in [3.8, 4) is 5.75 Å². The van der Waals surface area contributed by atoms with Crippen molar-refractivity contribution in [1.82, 2.24) is 10.7 Å². The molecule has 0 saturated heterocycles. The molecule has 0 aliphatic heterocycles. The normalized spacial score (nSPS) is 15.2. The zero-order valence-electron chi connectivity index (χ0n) is 14.6. The van der Waals surface area contributed by atoms with Crippen molar-refractivity contribution in [3.05, 3.63) is 42.0 Å². The van der Waals surface area contributed by atoms with Crippen LogP contribution in [0.3, 0.4) is 0 Å². The maximum Gasteiger partial charge on any atom is 0.249 e. The lowest BCUT2D eigenvalue weighted by molar-refractivity contribution is -0.129. The van der Waals surface area contributed by atoms with Crippen LogP contribution in [-0.4, -0.2) is 29.2 Å². The molecule has 2 aromatic rings. The van der Waals surface area contributed by atoms with Crippen molar-refractivity contribution in [3.63, 3.8) is 0 Å². The Balaban J connectivity index is 1.56. The molecule has 136 valence electrons.